The van der Waals surface area contributed by atoms with Crippen LogP contribution >= 0.6 is 11.3 Å². The van der Waals surface area contributed by atoms with Crippen LogP contribution in [-0.4, -0.2) is 49.6 Å². The van der Waals surface area contributed by atoms with Gasteiger partial charge in [-0.2, -0.15) is 0 Å². The molecule has 0 bridgehead atoms. The summed E-state index contributed by atoms with van der Waals surface area (Å²) in [6, 6.07) is 5.63. The Kier molecular flexibility index (Phi) is 5.47. The lowest BCUT2D eigenvalue weighted by Gasteiger charge is -2.33. The van der Waals surface area contributed by atoms with E-state index in [1.807, 2.05) is 11.3 Å². The number of hydrogen-bond donors (Lipinski definition) is 1. The van der Waals surface area contributed by atoms with E-state index < -0.39 is 0 Å². The van der Waals surface area contributed by atoms with Gasteiger partial charge in [-0.05, 0) is 51.0 Å². The Hall–Kier alpha value is -0.420. The molecule has 2 unspecified atom stereocenters. The Bertz CT molecular complexity index is 447. The van der Waals surface area contributed by atoms with E-state index in [2.05, 4.69) is 56.8 Å². The fourth-order valence-corrected chi connectivity index (χ4v) is 4.44. The van der Waals surface area contributed by atoms with Gasteiger partial charge in [0.2, 0.25) is 0 Å². The van der Waals surface area contributed by atoms with Crippen molar-refractivity contribution in [2.24, 2.45) is 5.73 Å². The van der Waals surface area contributed by atoms with Crippen molar-refractivity contribution in [1.29, 1.82) is 0 Å². The molecule has 1 saturated heterocycles. The normalized spacial score (nSPS) is 22.1. The van der Waals surface area contributed by atoms with Gasteiger partial charge in [0.05, 0.1) is 6.04 Å². The van der Waals surface area contributed by atoms with Crippen molar-refractivity contribution in [2.75, 3.05) is 33.7 Å². The molecule has 0 spiro atoms. The van der Waals surface area contributed by atoms with Crippen molar-refractivity contribution >= 4 is 11.3 Å². The van der Waals surface area contributed by atoms with Crippen LogP contribution in [0.25, 0.3) is 0 Å². The summed E-state index contributed by atoms with van der Waals surface area (Å²) in [6.45, 7) is 9.88. The summed E-state index contributed by atoms with van der Waals surface area (Å²) in [5, 5.41) is 0. The Morgan fingerprint density at radius 3 is 2.62 bits per heavy atom. The van der Waals surface area contributed by atoms with Gasteiger partial charge < -0.3 is 10.6 Å². The SMILES string of the molecule is CN(C)CC1CCCN1C(CN)c1ccc(C(C)(C)C)s1. The van der Waals surface area contributed by atoms with Crippen molar-refractivity contribution in [2.45, 2.75) is 51.1 Å². The van der Waals surface area contributed by atoms with Gasteiger partial charge in [-0.3, -0.25) is 4.90 Å². The van der Waals surface area contributed by atoms with E-state index in [0.717, 1.165) is 6.54 Å². The molecule has 0 radical (unpaired) electrons. The molecule has 120 valence electrons. The van der Waals surface area contributed by atoms with Crippen molar-refractivity contribution in [1.82, 2.24) is 9.80 Å². The molecule has 1 aliphatic heterocycles. The van der Waals surface area contributed by atoms with Crippen LogP contribution in [0.2, 0.25) is 0 Å². The molecule has 2 heterocycles. The van der Waals surface area contributed by atoms with Gasteiger partial charge in [0.1, 0.15) is 0 Å². The molecule has 0 saturated carbocycles. The fourth-order valence-electron chi connectivity index (χ4n) is 3.24. The standard InChI is InChI=1S/C17H31N3S/c1-17(2,3)16-9-8-15(21-16)14(11-18)20-10-6-7-13(20)12-19(4)5/h8-9,13-14H,6-7,10-12,18H2,1-5H3. The molecular formula is C17H31N3S. The zero-order valence-electron chi connectivity index (χ0n) is 14.2. The predicted octanol–water partition coefficient (Wildman–Crippen LogP) is 3.07. The summed E-state index contributed by atoms with van der Waals surface area (Å²) in [4.78, 5) is 7.83. The van der Waals surface area contributed by atoms with Crippen molar-refractivity contribution < 1.29 is 0 Å². The summed E-state index contributed by atoms with van der Waals surface area (Å²) < 4.78 is 0. The maximum atomic E-state index is 6.15. The predicted molar refractivity (Wildman–Crippen MR) is 93.1 cm³/mol. The van der Waals surface area contributed by atoms with Gasteiger partial charge in [-0.25, -0.2) is 0 Å². The first-order valence-electron chi connectivity index (χ1n) is 8.03. The zero-order valence-corrected chi connectivity index (χ0v) is 15.0. The highest BCUT2D eigenvalue weighted by atomic mass is 32.1. The highest BCUT2D eigenvalue weighted by Crippen LogP contribution is 2.36. The van der Waals surface area contributed by atoms with Crippen LogP contribution in [0.4, 0.5) is 0 Å². The number of likely N-dealkylation sites (tertiary alicyclic amines) is 1. The maximum absolute atomic E-state index is 6.15. The van der Waals surface area contributed by atoms with E-state index in [1.165, 1.54) is 29.1 Å². The van der Waals surface area contributed by atoms with E-state index in [1.54, 1.807) is 0 Å². The molecule has 1 fully saturated rings. The molecule has 3 nitrogen and oxygen atoms in total. The molecule has 2 N–H and O–H groups in total. The number of rotatable bonds is 5. The first-order chi connectivity index (χ1) is 9.82. The Labute approximate surface area is 134 Å². The van der Waals surface area contributed by atoms with Crippen LogP contribution in [-0.2, 0) is 5.41 Å². The maximum Gasteiger partial charge on any atom is 0.0567 e. The van der Waals surface area contributed by atoms with Crippen LogP contribution < -0.4 is 5.73 Å². The summed E-state index contributed by atoms with van der Waals surface area (Å²) in [5.74, 6) is 0. The second-order valence-electron chi connectivity index (χ2n) is 7.50. The summed E-state index contributed by atoms with van der Waals surface area (Å²) in [5.41, 5.74) is 6.38. The van der Waals surface area contributed by atoms with E-state index >= 15 is 0 Å². The average molecular weight is 310 g/mol. The molecule has 4 heteroatoms. The topological polar surface area (TPSA) is 32.5 Å². The molecule has 0 amide bonds. The molecule has 1 aromatic heterocycles. The number of likely N-dealkylation sites (N-methyl/N-ethyl adjacent to an activating group) is 1. The van der Waals surface area contributed by atoms with Crippen LogP contribution in [0, 0.1) is 0 Å². The quantitative estimate of drug-likeness (QED) is 0.907. The molecule has 21 heavy (non-hydrogen) atoms. The number of nitrogens with two attached hydrogens (primary N) is 1. The van der Waals surface area contributed by atoms with Gasteiger partial charge in [-0.15, -0.1) is 11.3 Å². The van der Waals surface area contributed by atoms with Gasteiger partial charge in [-0.1, -0.05) is 20.8 Å². The van der Waals surface area contributed by atoms with E-state index in [0.29, 0.717) is 18.6 Å². The Balaban J connectivity index is 2.17. The summed E-state index contributed by atoms with van der Waals surface area (Å²) in [7, 11) is 4.33. The average Bonchev–Trinajstić information content (AvgIpc) is 2.99. The monoisotopic (exact) mass is 309 g/mol. The smallest absolute Gasteiger partial charge is 0.0567 e. The molecule has 0 aliphatic carbocycles. The minimum absolute atomic E-state index is 0.232. The van der Waals surface area contributed by atoms with Gasteiger partial charge in [0, 0.05) is 28.9 Å². The minimum Gasteiger partial charge on any atom is -0.329 e. The highest BCUT2D eigenvalue weighted by molar-refractivity contribution is 7.12. The van der Waals surface area contributed by atoms with Crippen LogP contribution in [0.5, 0.6) is 0 Å². The second kappa shape index (κ2) is 6.78. The van der Waals surface area contributed by atoms with Gasteiger partial charge >= 0.3 is 0 Å². The lowest BCUT2D eigenvalue weighted by Crippen LogP contribution is -2.42. The molecule has 1 aliphatic rings. The van der Waals surface area contributed by atoms with E-state index in [-0.39, 0.29) is 5.41 Å². The molecular weight excluding hydrogens is 278 g/mol. The van der Waals surface area contributed by atoms with Crippen molar-refractivity contribution in [3.8, 4) is 0 Å². The number of nitrogens with zero attached hydrogens (tertiary/aromatic N) is 2. The minimum atomic E-state index is 0.232. The van der Waals surface area contributed by atoms with Crippen LogP contribution in [0.15, 0.2) is 12.1 Å². The van der Waals surface area contributed by atoms with Crippen molar-refractivity contribution in [3.05, 3.63) is 21.9 Å². The third-order valence-corrected chi connectivity index (χ3v) is 5.93. The van der Waals surface area contributed by atoms with E-state index in [4.69, 9.17) is 5.73 Å². The van der Waals surface area contributed by atoms with Crippen molar-refractivity contribution in [3.63, 3.8) is 0 Å². The Morgan fingerprint density at radius 2 is 2.10 bits per heavy atom. The van der Waals surface area contributed by atoms with Gasteiger partial charge in [0.25, 0.3) is 0 Å². The third kappa shape index (κ3) is 4.07. The molecule has 0 aromatic carbocycles. The second-order valence-corrected chi connectivity index (χ2v) is 8.61. The van der Waals surface area contributed by atoms with Crippen LogP contribution in [0.3, 0.4) is 0 Å². The summed E-state index contributed by atoms with van der Waals surface area (Å²) in [6.07, 6.45) is 2.60. The largest absolute Gasteiger partial charge is 0.329 e. The van der Waals surface area contributed by atoms with Gasteiger partial charge in [0.15, 0.2) is 0 Å². The first-order valence-corrected chi connectivity index (χ1v) is 8.85. The fraction of sp³-hybridized carbons (Fsp3) is 0.765. The van der Waals surface area contributed by atoms with E-state index in [9.17, 15) is 0 Å². The highest BCUT2D eigenvalue weighted by Gasteiger charge is 2.32. The van der Waals surface area contributed by atoms with Crippen LogP contribution in [0.1, 0.15) is 49.4 Å². The lowest BCUT2D eigenvalue weighted by molar-refractivity contribution is 0.158. The molecule has 2 rings (SSSR count). The third-order valence-electron chi connectivity index (χ3n) is 4.32. The Morgan fingerprint density at radius 1 is 1.38 bits per heavy atom. The zero-order chi connectivity index (χ0) is 15.6. The number of thiophene rings is 1. The first kappa shape index (κ1) is 16.9. The molecule has 2 atom stereocenters. The lowest BCUT2D eigenvalue weighted by atomic mass is 9.95. The number of hydrogen-bond acceptors (Lipinski definition) is 4. The summed E-state index contributed by atoms with van der Waals surface area (Å²) >= 11 is 1.95. The molecule has 1 aromatic rings.